The van der Waals surface area contributed by atoms with Crippen LogP contribution in [-0.2, 0) is 0 Å². The van der Waals surface area contributed by atoms with Gasteiger partial charge in [0.1, 0.15) is 11.6 Å². The molecule has 0 heterocycles. The minimum atomic E-state index is -0.220. The van der Waals surface area contributed by atoms with Gasteiger partial charge in [-0.15, -0.1) is 0 Å². The zero-order valence-electron chi connectivity index (χ0n) is 12.6. The van der Waals surface area contributed by atoms with Gasteiger partial charge in [-0.3, -0.25) is 0 Å². The topological polar surface area (TPSA) is 24.5 Å². The van der Waals surface area contributed by atoms with E-state index in [1.165, 1.54) is 12.1 Å². The van der Waals surface area contributed by atoms with Crippen molar-refractivity contribution in [3.63, 3.8) is 0 Å². The lowest BCUT2D eigenvalue weighted by atomic mass is 10.1. The normalized spacial score (nSPS) is 12.0. The number of likely N-dealkylation sites (N-methyl/N-ethyl adjacent to an activating group) is 2. The molecule has 0 aliphatic carbocycles. The summed E-state index contributed by atoms with van der Waals surface area (Å²) >= 11 is 0. The summed E-state index contributed by atoms with van der Waals surface area (Å²) in [5, 5.41) is 3.31. The molecule has 0 aliphatic rings. The maximum atomic E-state index is 13.0. The number of halogens is 1. The Balaban J connectivity index is 2.16. The van der Waals surface area contributed by atoms with Crippen LogP contribution < -0.4 is 15.0 Å². The van der Waals surface area contributed by atoms with E-state index in [1.54, 1.807) is 19.2 Å². The van der Waals surface area contributed by atoms with Gasteiger partial charge in [-0.2, -0.15) is 0 Å². The summed E-state index contributed by atoms with van der Waals surface area (Å²) in [6.45, 7) is 0.752. The second-order valence-corrected chi connectivity index (χ2v) is 4.94. The Hall–Kier alpha value is -2.07. The average molecular weight is 288 g/mol. The van der Waals surface area contributed by atoms with E-state index in [9.17, 15) is 4.39 Å². The molecule has 2 rings (SSSR count). The molecule has 0 aromatic heterocycles. The van der Waals surface area contributed by atoms with Gasteiger partial charge in [-0.25, -0.2) is 4.39 Å². The van der Waals surface area contributed by atoms with Crippen LogP contribution in [0.4, 0.5) is 10.1 Å². The predicted octanol–water partition coefficient (Wildman–Crippen LogP) is 3.23. The summed E-state index contributed by atoms with van der Waals surface area (Å²) < 4.78 is 18.4. The average Bonchev–Trinajstić information content (AvgIpc) is 2.53. The smallest absolute Gasteiger partial charge is 0.123 e. The molecule has 3 nitrogen and oxygen atoms in total. The van der Waals surface area contributed by atoms with E-state index >= 15 is 0 Å². The molecule has 0 fully saturated rings. The van der Waals surface area contributed by atoms with E-state index in [2.05, 4.69) is 16.3 Å². The fourth-order valence-corrected chi connectivity index (χ4v) is 2.37. The molecule has 1 N–H and O–H groups in total. The standard InChI is InChI=1S/C17H21FN2O/c1-19-16(15-6-4-5-7-17(15)21-3)12-20(2)14-10-8-13(18)9-11-14/h4-11,16,19H,12H2,1-3H3. The first-order chi connectivity index (χ1) is 10.2. The molecular formula is C17H21FN2O. The lowest BCUT2D eigenvalue weighted by molar-refractivity contribution is 0.401. The number of rotatable bonds is 6. The van der Waals surface area contributed by atoms with Gasteiger partial charge in [-0.05, 0) is 37.4 Å². The van der Waals surface area contributed by atoms with Gasteiger partial charge in [0.05, 0.1) is 13.2 Å². The molecule has 0 bridgehead atoms. The van der Waals surface area contributed by atoms with Crippen molar-refractivity contribution >= 4 is 5.69 Å². The molecular weight excluding hydrogens is 267 g/mol. The van der Waals surface area contributed by atoms with Crippen molar-refractivity contribution in [3.8, 4) is 5.75 Å². The highest BCUT2D eigenvalue weighted by atomic mass is 19.1. The van der Waals surface area contributed by atoms with Gasteiger partial charge in [-0.1, -0.05) is 18.2 Å². The second-order valence-electron chi connectivity index (χ2n) is 4.94. The number of hydrogen-bond donors (Lipinski definition) is 1. The summed E-state index contributed by atoms with van der Waals surface area (Å²) in [5.41, 5.74) is 2.09. The molecule has 1 atom stereocenters. The van der Waals surface area contributed by atoms with Crippen molar-refractivity contribution in [1.82, 2.24) is 5.32 Å². The molecule has 0 amide bonds. The minimum absolute atomic E-state index is 0.121. The second kappa shape index (κ2) is 7.09. The van der Waals surface area contributed by atoms with E-state index in [4.69, 9.17) is 4.74 Å². The van der Waals surface area contributed by atoms with Crippen molar-refractivity contribution in [2.24, 2.45) is 0 Å². The molecule has 1 unspecified atom stereocenters. The van der Waals surface area contributed by atoms with E-state index in [1.807, 2.05) is 32.3 Å². The van der Waals surface area contributed by atoms with Gasteiger partial charge in [0.25, 0.3) is 0 Å². The Morgan fingerprint density at radius 1 is 1.14 bits per heavy atom. The molecule has 2 aromatic carbocycles. The maximum absolute atomic E-state index is 13.0. The first-order valence-corrected chi connectivity index (χ1v) is 6.92. The van der Waals surface area contributed by atoms with Crippen molar-refractivity contribution in [2.75, 3.05) is 32.6 Å². The summed E-state index contributed by atoms with van der Waals surface area (Å²) in [5.74, 6) is 0.645. The van der Waals surface area contributed by atoms with Crippen LogP contribution in [0.5, 0.6) is 5.75 Å². The zero-order valence-corrected chi connectivity index (χ0v) is 12.6. The fraction of sp³-hybridized carbons (Fsp3) is 0.294. The SMILES string of the molecule is CNC(CN(C)c1ccc(F)cc1)c1ccccc1OC. The van der Waals surface area contributed by atoms with Gasteiger partial charge in [0.15, 0.2) is 0 Å². The molecule has 0 radical (unpaired) electrons. The molecule has 0 saturated heterocycles. The number of hydrogen-bond acceptors (Lipinski definition) is 3. The highest BCUT2D eigenvalue weighted by Gasteiger charge is 2.16. The summed E-state index contributed by atoms with van der Waals surface area (Å²) in [6.07, 6.45) is 0. The number of anilines is 1. The number of methoxy groups -OCH3 is 1. The highest BCUT2D eigenvalue weighted by Crippen LogP contribution is 2.26. The van der Waals surface area contributed by atoms with Crippen molar-refractivity contribution in [2.45, 2.75) is 6.04 Å². The maximum Gasteiger partial charge on any atom is 0.123 e. The molecule has 4 heteroatoms. The number of ether oxygens (including phenoxy) is 1. The van der Waals surface area contributed by atoms with Crippen LogP contribution in [-0.4, -0.2) is 27.7 Å². The van der Waals surface area contributed by atoms with Gasteiger partial charge >= 0.3 is 0 Å². The van der Waals surface area contributed by atoms with Crippen molar-refractivity contribution in [1.29, 1.82) is 0 Å². The molecule has 2 aromatic rings. The van der Waals surface area contributed by atoms with Gasteiger partial charge in [0, 0.05) is 24.8 Å². The molecule has 0 saturated carbocycles. The van der Waals surface area contributed by atoms with Crippen LogP contribution >= 0.6 is 0 Å². The van der Waals surface area contributed by atoms with E-state index in [0.29, 0.717) is 0 Å². The van der Waals surface area contributed by atoms with Crippen molar-refractivity contribution in [3.05, 3.63) is 59.9 Å². The number of nitrogens with zero attached hydrogens (tertiary/aromatic N) is 1. The zero-order chi connectivity index (χ0) is 15.2. The van der Waals surface area contributed by atoms with Gasteiger partial charge in [0.2, 0.25) is 0 Å². The van der Waals surface area contributed by atoms with Crippen LogP contribution in [0.3, 0.4) is 0 Å². The third kappa shape index (κ3) is 3.73. The third-order valence-corrected chi connectivity index (χ3v) is 3.59. The fourth-order valence-electron chi connectivity index (χ4n) is 2.37. The Morgan fingerprint density at radius 3 is 2.43 bits per heavy atom. The Morgan fingerprint density at radius 2 is 1.81 bits per heavy atom. The van der Waals surface area contributed by atoms with Crippen LogP contribution in [0, 0.1) is 5.82 Å². The highest BCUT2D eigenvalue weighted by molar-refractivity contribution is 5.46. The van der Waals surface area contributed by atoms with E-state index < -0.39 is 0 Å². The summed E-state index contributed by atoms with van der Waals surface area (Å²) in [4.78, 5) is 2.09. The third-order valence-electron chi connectivity index (χ3n) is 3.59. The molecule has 0 aliphatic heterocycles. The minimum Gasteiger partial charge on any atom is -0.496 e. The number of para-hydroxylation sites is 1. The van der Waals surface area contributed by atoms with Crippen LogP contribution in [0.2, 0.25) is 0 Å². The Bertz CT molecular complexity index is 571. The Kier molecular flexibility index (Phi) is 5.17. The van der Waals surface area contributed by atoms with Crippen molar-refractivity contribution < 1.29 is 9.13 Å². The lowest BCUT2D eigenvalue weighted by Crippen LogP contribution is -2.31. The van der Waals surface area contributed by atoms with Crippen LogP contribution in [0.25, 0.3) is 0 Å². The number of benzene rings is 2. The lowest BCUT2D eigenvalue weighted by Gasteiger charge is -2.27. The van der Waals surface area contributed by atoms with Gasteiger partial charge < -0.3 is 15.0 Å². The first-order valence-electron chi connectivity index (χ1n) is 6.92. The molecule has 21 heavy (non-hydrogen) atoms. The molecule has 0 spiro atoms. The Labute approximate surface area is 125 Å². The summed E-state index contributed by atoms with van der Waals surface area (Å²) in [7, 11) is 5.60. The number of nitrogens with one attached hydrogen (secondary N) is 1. The summed E-state index contributed by atoms with van der Waals surface area (Å²) in [6, 6.07) is 14.6. The van der Waals surface area contributed by atoms with E-state index in [-0.39, 0.29) is 11.9 Å². The molecule has 112 valence electrons. The van der Waals surface area contributed by atoms with Crippen LogP contribution in [0.1, 0.15) is 11.6 Å². The predicted molar refractivity (Wildman–Crippen MR) is 84.5 cm³/mol. The van der Waals surface area contributed by atoms with E-state index in [0.717, 1.165) is 23.5 Å². The first kappa shape index (κ1) is 15.3. The monoisotopic (exact) mass is 288 g/mol. The van der Waals surface area contributed by atoms with Crippen LogP contribution in [0.15, 0.2) is 48.5 Å². The largest absolute Gasteiger partial charge is 0.496 e. The quantitative estimate of drug-likeness (QED) is 0.883.